The first kappa shape index (κ1) is 14.0. The van der Waals surface area contributed by atoms with Gasteiger partial charge in [0, 0.05) is 6.20 Å². The molecule has 0 aliphatic carbocycles. The van der Waals surface area contributed by atoms with Gasteiger partial charge in [0.05, 0.1) is 12.3 Å². The molecule has 2 aromatic rings. The molecule has 0 spiro atoms. The number of ether oxygens (including phenoxy) is 1. The average Bonchev–Trinajstić information content (AvgIpc) is 2.80. The van der Waals surface area contributed by atoms with Crippen LogP contribution >= 0.6 is 0 Å². The molecule has 2 N–H and O–H groups in total. The van der Waals surface area contributed by atoms with Crippen molar-refractivity contribution in [3.05, 3.63) is 24.7 Å². The Kier molecular flexibility index (Phi) is 4.34. The first-order chi connectivity index (χ1) is 9.61. The molecule has 0 radical (unpaired) electrons. The molecule has 0 saturated carbocycles. The summed E-state index contributed by atoms with van der Waals surface area (Å²) in [5.74, 6) is 0.660. The molecular weight excluding hydrogens is 256 g/mol. The molecule has 0 saturated heterocycles. The van der Waals surface area contributed by atoms with E-state index in [-0.39, 0.29) is 5.91 Å². The highest BCUT2D eigenvalue weighted by Gasteiger charge is 2.13. The fraction of sp³-hybridized carbons (Fsp3) is 0.357. The minimum atomic E-state index is -0.202. The van der Waals surface area contributed by atoms with Gasteiger partial charge in [-0.15, -0.1) is 0 Å². The largest absolute Gasteiger partial charge is 0.477 e. The van der Waals surface area contributed by atoms with Crippen molar-refractivity contribution in [3.8, 4) is 5.88 Å². The molecule has 0 fully saturated rings. The Morgan fingerprint density at radius 3 is 3.00 bits per heavy atom. The molecule has 20 heavy (non-hydrogen) atoms. The van der Waals surface area contributed by atoms with Gasteiger partial charge in [-0.05, 0) is 18.9 Å². The van der Waals surface area contributed by atoms with Gasteiger partial charge in [0.15, 0.2) is 0 Å². The first-order valence-electron chi connectivity index (χ1n) is 6.50. The Morgan fingerprint density at radius 2 is 2.30 bits per heavy atom. The highest BCUT2D eigenvalue weighted by molar-refractivity contribution is 6.06. The zero-order chi connectivity index (χ0) is 14.5. The summed E-state index contributed by atoms with van der Waals surface area (Å²) in [4.78, 5) is 22.9. The maximum atomic E-state index is 11.6. The van der Waals surface area contributed by atoms with E-state index in [1.54, 1.807) is 19.2 Å². The van der Waals surface area contributed by atoms with Crippen LogP contribution in [0.4, 0.5) is 5.69 Å². The Hall–Kier alpha value is -2.37. The van der Waals surface area contributed by atoms with Crippen LogP contribution in [0.1, 0.15) is 20.8 Å². The second-order valence-electron chi connectivity index (χ2n) is 4.80. The van der Waals surface area contributed by atoms with Gasteiger partial charge in [0.25, 0.3) is 0 Å². The van der Waals surface area contributed by atoms with Gasteiger partial charge in [-0.1, -0.05) is 19.9 Å². The number of fused-ring (bicyclic) bond motifs is 1. The fourth-order valence-electron chi connectivity index (χ4n) is 1.71. The lowest BCUT2D eigenvalue weighted by atomic mass is 10.2. The van der Waals surface area contributed by atoms with Gasteiger partial charge in [0.2, 0.25) is 11.8 Å². The molecule has 1 amide bonds. The van der Waals surface area contributed by atoms with Crippen molar-refractivity contribution >= 4 is 22.6 Å². The zero-order valence-electron chi connectivity index (χ0n) is 11.8. The standard InChI is InChI=1S/C14H18N4O2/c1-4-5-11(19)18-10-6-15-13-12(10)14(17-8-16-13)20-7-9(2)3/h4-6,8-9H,7H2,1-3H3,(H,18,19)(H,15,16,17)/b5-4+. The number of carbonyl (C=O) groups is 1. The molecule has 0 aliphatic heterocycles. The molecule has 0 bridgehead atoms. The fourth-order valence-corrected chi connectivity index (χ4v) is 1.71. The van der Waals surface area contributed by atoms with Crippen molar-refractivity contribution in [2.75, 3.05) is 11.9 Å². The molecule has 0 aliphatic rings. The van der Waals surface area contributed by atoms with E-state index < -0.39 is 0 Å². The van der Waals surface area contributed by atoms with E-state index in [2.05, 4.69) is 34.1 Å². The molecule has 2 heterocycles. The summed E-state index contributed by atoms with van der Waals surface area (Å²) in [5, 5.41) is 3.46. The normalized spacial score (nSPS) is 11.4. The van der Waals surface area contributed by atoms with Crippen LogP contribution in [0.2, 0.25) is 0 Å². The van der Waals surface area contributed by atoms with Gasteiger partial charge in [-0.25, -0.2) is 9.97 Å². The minimum absolute atomic E-state index is 0.202. The molecule has 2 aromatic heterocycles. The zero-order valence-corrected chi connectivity index (χ0v) is 11.8. The highest BCUT2D eigenvalue weighted by atomic mass is 16.5. The first-order valence-corrected chi connectivity index (χ1v) is 6.50. The summed E-state index contributed by atoms with van der Waals surface area (Å²) in [7, 11) is 0. The van der Waals surface area contributed by atoms with E-state index in [4.69, 9.17) is 4.74 Å². The second-order valence-corrected chi connectivity index (χ2v) is 4.80. The van der Waals surface area contributed by atoms with Gasteiger partial charge >= 0.3 is 0 Å². The van der Waals surface area contributed by atoms with E-state index >= 15 is 0 Å². The van der Waals surface area contributed by atoms with Gasteiger partial charge in [-0.3, -0.25) is 4.79 Å². The minimum Gasteiger partial charge on any atom is -0.477 e. The van der Waals surface area contributed by atoms with Crippen LogP contribution in [0, 0.1) is 5.92 Å². The van der Waals surface area contributed by atoms with Crippen molar-refractivity contribution in [2.45, 2.75) is 20.8 Å². The Labute approximate surface area is 117 Å². The van der Waals surface area contributed by atoms with Crippen LogP contribution in [0.3, 0.4) is 0 Å². The van der Waals surface area contributed by atoms with Gasteiger partial charge in [0.1, 0.15) is 17.4 Å². The van der Waals surface area contributed by atoms with E-state index in [1.165, 1.54) is 12.4 Å². The number of rotatable bonds is 5. The number of H-pyrrole nitrogens is 1. The van der Waals surface area contributed by atoms with Gasteiger partial charge in [-0.2, -0.15) is 0 Å². The Morgan fingerprint density at radius 1 is 1.50 bits per heavy atom. The van der Waals surface area contributed by atoms with Crippen molar-refractivity contribution in [3.63, 3.8) is 0 Å². The summed E-state index contributed by atoms with van der Waals surface area (Å²) >= 11 is 0. The molecule has 0 unspecified atom stereocenters. The number of allylic oxidation sites excluding steroid dienone is 1. The van der Waals surface area contributed by atoms with E-state index in [0.717, 1.165) is 0 Å². The molecule has 6 heteroatoms. The number of aromatic amines is 1. The maximum Gasteiger partial charge on any atom is 0.248 e. The monoisotopic (exact) mass is 274 g/mol. The number of hydrogen-bond donors (Lipinski definition) is 2. The van der Waals surface area contributed by atoms with Crippen molar-refractivity contribution < 1.29 is 9.53 Å². The highest BCUT2D eigenvalue weighted by Crippen LogP contribution is 2.29. The van der Waals surface area contributed by atoms with E-state index in [1.807, 2.05) is 0 Å². The molecule has 0 aromatic carbocycles. The number of aromatic nitrogens is 3. The van der Waals surface area contributed by atoms with Crippen LogP contribution in [-0.2, 0) is 4.79 Å². The smallest absolute Gasteiger partial charge is 0.248 e. The topological polar surface area (TPSA) is 79.9 Å². The van der Waals surface area contributed by atoms with Crippen LogP contribution < -0.4 is 10.1 Å². The third-order valence-corrected chi connectivity index (χ3v) is 2.56. The number of amides is 1. The second kappa shape index (κ2) is 6.18. The SMILES string of the molecule is C/C=C/C(=O)Nc1c[nH]c2ncnc(OCC(C)C)c12. The lowest BCUT2D eigenvalue weighted by molar-refractivity contribution is -0.111. The lowest BCUT2D eigenvalue weighted by Gasteiger charge is -2.09. The number of nitrogens with zero attached hydrogens (tertiary/aromatic N) is 2. The van der Waals surface area contributed by atoms with E-state index in [9.17, 15) is 4.79 Å². The number of hydrogen-bond acceptors (Lipinski definition) is 4. The van der Waals surface area contributed by atoms with E-state index in [0.29, 0.717) is 35.1 Å². The van der Waals surface area contributed by atoms with Crippen molar-refractivity contribution in [1.82, 2.24) is 15.0 Å². The van der Waals surface area contributed by atoms with Crippen LogP contribution in [-0.4, -0.2) is 27.5 Å². The van der Waals surface area contributed by atoms with Crippen LogP contribution in [0.15, 0.2) is 24.7 Å². The van der Waals surface area contributed by atoms with Crippen molar-refractivity contribution in [1.29, 1.82) is 0 Å². The summed E-state index contributed by atoms with van der Waals surface area (Å²) in [6.45, 7) is 6.46. The predicted octanol–water partition coefficient (Wildman–Crippen LogP) is 2.51. The molecule has 106 valence electrons. The third kappa shape index (κ3) is 3.14. The quantitative estimate of drug-likeness (QED) is 0.821. The summed E-state index contributed by atoms with van der Waals surface area (Å²) in [6, 6.07) is 0. The number of nitrogens with one attached hydrogen (secondary N) is 2. The maximum absolute atomic E-state index is 11.6. The average molecular weight is 274 g/mol. The van der Waals surface area contributed by atoms with Crippen LogP contribution in [0.5, 0.6) is 5.88 Å². The Bertz CT molecular complexity index is 631. The lowest BCUT2D eigenvalue weighted by Crippen LogP contribution is -2.09. The number of carbonyl (C=O) groups excluding carboxylic acids is 1. The Balaban J connectivity index is 2.33. The molecule has 0 atom stereocenters. The summed E-state index contributed by atoms with van der Waals surface area (Å²) in [6.07, 6.45) is 6.25. The van der Waals surface area contributed by atoms with Crippen LogP contribution in [0.25, 0.3) is 11.0 Å². The molecule has 6 nitrogen and oxygen atoms in total. The molecular formula is C14H18N4O2. The van der Waals surface area contributed by atoms with Crippen molar-refractivity contribution in [2.24, 2.45) is 5.92 Å². The van der Waals surface area contributed by atoms with Gasteiger partial charge < -0.3 is 15.0 Å². The number of anilines is 1. The predicted molar refractivity (Wildman–Crippen MR) is 77.7 cm³/mol. The molecule has 2 rings (SSSR count). The summed E-state index contributed by atoms with van der Waals surface area (Å²) in [5.41, 5.74) is 1.25. The third-order valence-electron chi connectivity index (χ3n) is 2.56. The summed E-state index contributed by atoms with van der Waals surface area (Å²) < 4.78 is 5.68.